The van der Waals surface area contributed by atoms with Crippen LogP contribution in [0.1, 0.15) is 98.9 Å². The van der Waals surface area contributed by atoms with Gasteiger partial charge in [0.05, 0.1) is 11.0 Å². The van der Waals surface area contributed by atoms with Crippen LogP contribution >= 0.6 is 11.3 Å². The molecule has 4 amide bonds. The summed E-state index contributed by atoms with van der Waals surface area (Å²) in [5, 5.41) is 18.5. The van der Waals surface area contributed by atoms with Gasteiger partial charge in [-0.1, -0.05) is 76.3 Å². The highest BCUT2D eigenvalue weighted by atomic mass is 32.1. The fourth-order valence-electron chi connectivity index (χ4n) is 5.37. The Morgan fingerprint density at radius 3 is 2.27 bits per heavy atom. The van der Waals surface area contributed by atoms with Crippen molar-refractivity contribution >= 4 is 35.0 Å². The fourth-order valence-corrected chi connectivity index (χ4v) is 6.33. The van der Waals surface area contributed by atoms with Crippen molar-refractivity contribution in [3.05, 3.63) is 57.8 Å². The average molecular weight is 629 g/mol. The minimum absolute atomic E-state index is 0.0933. The van der Waals surface area contributed by atoms with Crippen molar-refractivity contribution in [3.8, 4) is 0 Å². The zero-order chi connectivity index (χ0) is 32.2. The second kappa shape index (κ2) is 17.4. The van der Waals surface area contributed by atoms with Gasteiger partial charge in [0.15, 0.2) is 0 Å². The number of aliphatic hydroxyl groups is 1. The summed E-state index contributed by atoms with van der Waals surface area (Å²) < 4.78 is 5.67. The molecule has 242 valence electrons. The number of thiophene rings is 1. The summed E-state index contributed by atoms with van der Waals surface area (Å²) in [7, 11) is 0. The number of imide groups is 1. The van der Waals surface area contributed by atoms with Crippen LogP contribution in [0.4, 0.5) is 0 Å². The third-order valence-electron chi connectivity index (χ3n) is 7.56. The number of hydrogen-bond donors (Lipinski definition) is 5. The molecule has 0 spiro atoms. The lowest BCUT2D eigenvalue weighted by molar-refractivity contribution is -0.144. The maximum absolute atomic E-state index is 13.4. The number of ether oxygens (including phenoxy) is 1. The van der Waals surface area contributed by atoms with Crippen LogP contribution in [-0.4, -0.2) is 53.2 Å². The van der Waals surface area contributed by atoms with E-state index in [0.29, 0.717) is 10.8 Å². The summed E-state index contributed by atoms with van der Waals surface area (Å²) in [6.45, 7) is 7.21. The Bertz CT molecular complexity index is 1230. The van der Waals surface area contributed by atoms with E-state index in [1.807, 2.05) is 44.2 Å². The Hall–Kier alpha value is -3.12. The number of nitrogens with two attached hydrogens (primary N) is 1. The summed E-state index contributed by atoms with van der Waals surface area (Å²) in [6, 6.07) is 11.0. The van der Waals surface area contributed by atoms with Crippen molar-refractivity contribution in [2.24, 2.45) is 17.6 Å². The summed E-state index contributed by atoms with van der Waals surface area (Å²) in [5.41, 5.74) is 7.15. The van der Waals surface area contributed by atoms with Crippen LogP contribution in [0.15, 0.2) is 42.5 Å². The van der Waals surface area contributed by atoms with Gasteiger partial charge in [0.1, 0.15) is 12.1 Å². The topological polar surface area (TPSA) is 160 Å². The van der Waals surface area contributed by atoms with Crippen LogP contribution in [-0.2, 0) is 25.5 Å². The molecule has 3 rings (SSSR count). The molecule has 0 aliphatic heterocycles. The molecular formula is C33H48N4O6S. The standard InChI is InChI=1S/C33H48N4O6S/c1-20(2)17-28(38)35-25(19-23-13-9-6-10-14-23)30(40)37-33(43-21(3)4)32(42)36-31(41)27-16-15-26(44-27)29(39)24(34)18-22-11-7-5-8-12-22/h6,9-10,13-16,20-22,24-25,29,33,39H,5,7-8,11-12,17-19,34H2,1-4H3,(H,35,38)(H,37,40)(H,36,41,42)/t24-,25-,29+,33?/m0/s1. The number of nitrogens with one attached hydrogen (secondary N) is 3. The first-order valence-electron chi connectivity index (χ1n) is 15.6. The Morgan fingerprint density at radius 1 is 0.955 bits per heavy atom. The van der Waals surface area contributed by atoms with E-state index < -0.39 is 48.2 Å². The number of hydrogen-bond acceptors (Lipinski definition) is 8. The number of carbonyl (C=O) groups excluding carboxylic acids is 4. The Balaban J connectivity index is 1.66. The van der Waals surface area contributed by atoms with E-state index in [2.05, 4.69) is 16.0 Å². The highest BCUT2D eigenvalue weighted by molar-refractivity contribution is 7.14. The molecule has 1 unspecified atom stereocenters. The quantitative estimate of drug-likeness (QED) is 0.187. The number of rotatable bonds is 15. The molecule has 4 atom stereocenters. The van der Waals surface area contributed by atoms with Gasteiger partial charge in [0, 0.05) is 23.8 Å². The Morgan fingerprint density at radius 2 is 1.64 bits per heavy atom. The molecule has 1 fully saturated rings. The molecule has 0 radical (unpaired) electrons. The number of amides is 4. The lowest BCUT2D eigenvalue weighted by Crippen LogP contribution is -2.56. The smallest absolute Gasteiger partial charge is 0.276 e. The van der Waals surface area contributed by atoms with Crippen molar-refractivity contribution in [1.29, 1.82) is 0 Å². The van der Waals surface area contributed by atoms with Crippen LogP contribution in [0.3, 0.4) is 0 Å². The predicted octanol–water partition coefficient (Wildman–Crippen LogP) is 3.98. The third kappa shape index (κ3) is 11.4. The molecule has 6 N–H and O–H groups in total. The van der Waals surface area contributed by atoms with Gasteiger partial charge in [-0.25, -0.2) is 0 Å². The molecule has 0 bridgehead atoms. The van der Waals surface area contributed by atoms with E-state index in [9.17, 15) is 24.3 Å². The van der Waals surface area contributed by atoms with E-state index >= 15 is 0 Å². The van der Waals surface area contributed by atoms with Gasteiger partial charge in [-0.15, -0.1) is 11.3 Å². The van der Waals surface area contributed by atoms with Crippen molar-refractivity contribution in [3.63, 3.8) is 0 Å². The normalized spacial score (nSPS) is 16.6. The van der Waals surface area contributed by atoms with Crippen LogP contribution in [0.5, 0.6) is 0 Å². The molecule has 1 aromatic carbocycles. The lowest BCUT2D eigenvalue weighted by atomic mass is 9.84. The van der Waals surface area contributed by atoms with Crippen LogP contribution in [0, 0.1) is 11.8 Å². The van der Waals surface area contributed by atoms with Crippen LogP contribution in [0.25, 0.3) is 0 Å². The zero-order valence-electron chi connectivity index (χ0n) is 26.2. The van der Waals surface area contributed by atoms with Gasteiger partial charge in [-0.05, 0) is 49.8 Å². The lowest BCUT2D eigenvalue weighted by Gasteiger charge is -2.26. The second-order valence-electron chi connectivity index (χ2n) is 12.4. The summed E-state index contributed by atoms with van der Waals surface area (Å²) in [5.74, 6) is -1.85. The van der Waals surface area contributed by atoms with Gasteiger partial charge >= 0.3 is 0 Å². The molecule has 1 saturated carbocycles. The maximum atomic E-state index is 13.4. The van der Waals surface area contributed by atoms with Gasteiger partial charge in [0.25, 0.3) is 11.8 Å². The minimum Gasteiger partial charge on any atom is -0.386 e. The molecule has 1 heterocycles. The monoisotopic (exact) mass is 628 g/mol. The van der Waals surface area contributed by atoms with Crippen LogP contribution in [0.2, 0.25) is 0 Å². The summed E-state index contributed by atoms with van der Waals surface area (Å²) in [6.07, 6.45) is 4.16. The summed E-state index contributed by atoms with van der Waals surface area (Å²) in [4.78, 5) is 53.0. The molecule has 10 nitrogen and oxygen atoms in total. The van der Waals surface area contributed by atoms with Crippen molar-refractivity contribution in [2.45, 2.75) is 110 Å². The molecule has 1 aromatic heterocycles. The zero-order valence-corrected chi connectivity index (χ0v) is 27.0. The molecule has 2 aromatic rings. The van der Waals surface area contributed by atoms with E-state index in [0.717, 1.165) is 36.2 Å². The Labute approximate surface area is 264 Å². The fraction of sp³-hybridized carbons (Fsp3) is 0.576. The first-order chi connectivity index (χ1) is 20.9. The number of benzene rings is 1. The average Bonchev–Trinajstić information content (AvgIpc) is 3.47. The maximum Gasteiger partial charge on any atom is 0.276 e. The third-order valence-corrected chi connectivity index (χ3v) is 8.72. The molecular weight excluding hydrogens is 580 g/mol. The second-order valence-corrected chi connectivity index (χ2v) is 13.5. The van der Waals surface area contributed by atoms with Crippen LogP contribution < -0.4 is 21.7 Å². The van der Waals surface area contributed by atoms with E-state index in [4.69, 9.17) is 10.5 Å². The van der Waals surface area contributed by atoms with Crippen molar-refractivity contribution in [2.75, 3.05) is 0 Å². The number of carbonyl (C=O) groups is 4. The van der Waals surface area contributed by atoms with Gasteiger partial charge in [0.2, 0.25) is 18.0 Å². The molecule has 44 heavy (non-hydrogen) atoms. The van der Waals surface area contributed by atoms with Gasteiger partial charge in [-0.2, -0.15) is 0 Å². The van der Waals surface area contributed by atoms with Crippen molar-refractivity contribution in [1.82, 2.24) is 16.0 Å². The minimum atomic E-state index is -1.49. The Kier molecular flexibility index (Phi) is 14.0. The largest absolute Gasteiger partial charge is 0.386 e. The van der Waals surface area contributed by atoms with E-state index in [1.165, 1.54) is 25.3 Å². The predicted molar refractivity (Wildman–Crippen MR) is 171 cm³/mol. The first kappa shape index (κ1) is 35.4. The van der Waals surface area contributed by atoms with E-state index in [1.54, 1.807) is 19.9 Å². The SMILES string of the molecule is CC(C)CC(=O)N[C@@H](Cc1ccccc1)C(=O)NC(OC(C)C)C(=O)NC(=O)c1ccc([C@H](O)[C@@H](N)CC2CCCCC2)s1. The molecule has 1 aliphatic rings. The highest BCUT2D eigenvalue weighted by Crippen LogP contribution is 2.32. The molecule has 1 aliphatic carbocycles. The molecule has 11 heteroatoms. The highest BCUT2D eigenvalue weighted by Gasteiger charge is 2.30. The van der Waals surface area contributed by atoms with Crippen molar-refractivity contribution < 1.29 is 29.0 Å². The summed E-state index contributed by atoms with van der Waals surface area (Å²) >= 11 is 1.07. The van der Waals surface area contributed by atoms with Gasteiger partial charge in [-0.3, -0.25) is 24.5 Å². The van der Waals surface area contributed by atoms with Gasteiger partial charge < -0.3 is 26.2 Å². The molecule has 0 saturated heterocycles. The van der Waals surface area contributed by atoms with E-state index in [-0.39, 0.29) is 29.5 Å². The first-order valence-corrected chi connectivity index (χ1v) is 16.4. The number of aliphatic hydroxyl groups excluding tert-OH is 1.